The number of rotatable bonds is 3. The highest BCUT2D eigenvalue weighted by Crippen LogP contribution is 2.64. The Balaban J connectivity index is 1.15. The molecule has 2 nitrogen and oxygen atoms in total. The third-order valence-electron chi connectivity index (χ3n) is 14.6. The van der Waals surface area contributed by atoms with Crippen LogP contribution in [0.5, 0.6) is 0 Å². The minimum Gasteiger partial charge on any atom is -0.456 e. The molecule has 0 saturated carbocycles. The van der Waals surface area contributed by atoms with Gasteiger partial charge in [0.05, 0.1) is 5.41 Å². The second-order valence-corrected chi connectivity index (χ2v) is 20.6. The zero-order chi connectivity index (χ0) is 42.5. The van der Waals surface area contributed by atoms with Crippen molar-refractivity contribution in [1.29, 1.82) is 0 Å². The van der Waals surface area contributed by atoms with Gasteiger partial charge < -0.3 is 9.32 Å². The van der Waals surface area contributed by atoms with Crippen LogP contribution < -0.4 is 4.90 Å². The standard InChI is InChI=1S/C60H51NO/c1-57(2,3)36-21-26-44-45-27-22-37(58(4,5)6)32-53(45)60(52(44)31-36)50-19-13-10-16-42(50)46-29-24-40(35-54(46)60)61(38-25-30-56-48(33-38)47-17-11-14-20-55(47)62-56)39-23-28-43-41-15-9-12-18-49(41)59(7,8)51(43)34-39/h9-35H,1-8H3. The first kappa shape index (κ1) is 37.1. The molecule has 0 fully saturated rings. The molecule has 0 N–H and O–H groups in total. The summed E-state index contributed by atoms with van der Waals surface area (Å²) in [7, 11) is 0. The predicted octanol–water partition coefficient (Wildman–Crippen LogP) is 16.3. The topological polar surface area (TPSA) is 16.4 Å². The highest BCUT2D eigenvalue weighted by Gasteiger charge is 2.52. The first-order valence-electron chi connectivity index (χ1n) is 22.3. The average Bonchev–Trinajstić information content (AvgIpc) is 3.94. The molecule has 0 atom stereocenters. The van der Waals surface area contributed by atoms with Crippen molar-refractivity contribution in [2.24, 2.45) is 0 Å². The summed E-state index contributed by atoms with van der Waals surface area (Å²) >= 11 is 0. The molecule has 3 aliphatic rings. The van der Waals surface area contributed by atoms with E-state index < -0.39 is 5.41 Å². The van der Waals surface area contributed by atoms with Crippen molar-refractivity contribution in [1.82, 2.24) is 0 Å². The Kier molecular flexibility index (Phi) is 7.48. The van der Waals surface area contributed by atoms with Gasteiger partial charge in [-0.05, 0) is 137 Å². The Morgan fingerprint density at radius 1 is 0.371 bits per heavy atom. The van der Waals surface area contributed by atoms with Crippen LogP contribution in [0.1, 0.15) is 99.9 Å². The third-order valence-corrected chi connectivity index (χ3v) is 14.6. The van der Waals surface area contributed by atoms with Crippen molar-refractivity contribution in [3.05, 3.63) is 208 Å². The molecule has 0 unspecified atom stereocenters. The lowest BCUT2D eigenvalue weighted by molar-refractivity contribution is 0.586. The molecular formula is C60H51NO. The van der Waals surface area contributed by atoms with Crippen molar-refractivity contribution < 1.29 is 4.42 Å². The molecule has 3 aliphatic carbocycles. The lowest BCUT2D eigenvalue weighted by Crippen LogP contribution is -2.27. The van der Waals surface area contributed by atoms with Gasteiger partial charge in [-0.2, -0.15) is 0 Å². The van der Waals surface area contributed by atoms with Crippen molar-refractivity contribution in [3.63, 3.8) is 0 Å². The second kappa shape index (κ2) is 12.5. The maximum atomic E-state index is 6.40. The molecule has 1 spiro atoms. The molecule has 0 bridgehead atoms. The normalized spacial score (nSPS) is 15.0. The zero-order valence-corrected chi connectivity index (χ0v) is 36.9. The van der Waals surface area contributed by atoms with Crippen LogP contribution in [0.25, 0.3) is 55.3 Å². The van der Waals surface area contributed by atoms with E-state index in [1.807, 2.05) is 0 Å². The van der Waals surface area contributed by atoms with E-state index in [9.17, 15) is 0 Å². The molecule has 8 aromatic carbocycles. The molecule has 302 valence electrons. The highest BCUT2D eigenvalue weighted by atomic mass is 16.3. The van der Waals surface area contributed by atoms with Gasteiger partial charge >= 0.3 is 0 Å². The summed E-state index contributed by atoms with van der Waals surface area (Å²) in [5, 5.41) is 2.24. The fourth-order valence-corrected chi connectivity index (χ4v) is 11.4. The Labute approximate surface area is 365 Å². The number of para-hydroxylation sites is 1. The summed E-state index contributed by atoms with van der Waals surface area (Å²) in [4.78, 5) is 2.49. The maximum absolute atomic E-state index is 6.40. The summed E-state index contributed by atoms with van der Waals surface area (Å²) in [6.07, 6.45) is 0. The molecule has 2 heteroatoms. The Hall–Kier alpha value is -6.64. The van der Waals surface area contributed by atoms with Gasteiger partial charge in [-0.15, -0.1) is 0 Å². The minimum absolute atomic E-state index is 0.0158. The van der Waals surface area contributed by atoms with Gasteiger partial charge in [0.25, 0.3) is 0 Å². The van der Waals surface area contributed by atoms with Crippen LogP contribution >= 0.6 is 0 Å². The SMILES string of the molecule is CC(C)(C)c1ccc2c(c1)C1(c3ccccc3-c3ccc(N(c4ccc5c(c4)C(C)(C)c4ccccc4-5)c4ccc5oc6ccccc6c5c4)cc31)c1cc(C(C)(C)C)ccc1-2. The largest absolute Gasteiger partial charge is 0.456 e. The number of nitrogens with zero attached hydrogens (tertiary/aromatic N) is 1. The van der Waals surface area contributed by atoms with E-state index >= 15 is 0 Å². The average molecular weight is 802 g/mol. The molecule has 0 radical (unpaired) electrons. The van der Waals surface area contributed by atoms with E-state index in [0.29, 0.717) is 0 Å². The van der Waals surface area contributed by atoms with E-state index in [4.69, 9.17) is 4.42 Å². The molecule has 0 amide bonds. The van der Waals surface area contributed by atoms with Crippen LogP contribution in [-0.4, -0.2) is 0 Å². The number of anilines is 3. The van der Waals surface area contributed by atoms with Gasteiger partial charge in [0.1, 0.15) is 11.2 Å². The summed E-state index contributed by atoms with van der Waals surface area (Å²) < 4.78 is 6.40. The van der Waals surface area contributed by atoms with Gasteiger partial charge in [-0.3, -0.25) is 0 Å². The van der Waals surface area contributed by atoms with Gasteiger partial charge in [0, 0.05) is 33.2 Å². The van der Waals surface area contributed by atoms with Crippen LogP contribution in [0.4, 0.5) is 17.1 Å². The zero-order valence-electron chi connectivity index (χ0n) is 36.9. The number of fused-ring (bicyclic) bond motifs is 16. The summed E-state index contributed by atoms with van der Waals surface area (Å²) in [5.74, 6) is 0. The van der Waals surface area contributed by atoms with Gasteiger partial charge in [0.15, 0.2) is 0 Å². The maximum Gasteiger partial charge on any atom is 0.135 e. The van der Waals surface area contributed by atoms with E-state index in [0.717, 1.165) is 39.0 Å². The first-order chi connectivity index (χ1) is 29.7. The van der Waals surface area contributed by atoms with Crippen LogP contribution in [0.3, 0.4) is 0 Å². The molecule has 0 aliphatic heterocycles. The predicted molar refractivity (Wildman–Crippen MR) is 260 cm³/mol. The lowest BCUT2D eigenvalue weighted by Gasteiger charge is -2.34. The molecule has 9 aromatic rings. The number of hydrogen-bond donors (Lipinski definition) is 0. The van der Waals surface area contributed by atoms with Gasteiger partial charge in [0.2, 0.25) is 0 Å². The van der Waals surface area contributed by atoms with E-state index in [-0.39, 0.29) is 16.2 Å². The molecule has 62 heavy (non-hydrogen) atoms. The van der Waals surface area contributed by atoms with Gasteiger partial charge in [-0.25, -0.2) is 0 Å². The summed E-state index contributed by atoms with van der Waals surface area (Å²) in [5.41, 5.74) is 23.3. The van der Waals surface area contributed by atoms with Crippen LogP contribution in [-0.2, 0) is 21.7 Å². The fraction of sp³-hybridized carbons (Fsp3) is 0.200. The van der Waals surface area contributed by atoms with E-state index in [1.54, 1.807) is 0 Å². The molecule has 12 rings (SSSR count). The van der Waals surface area contributed by atoms with E-state index in [2.05, 4.69) is 224 Å². The van der Waals surface area contributed by atoms with Crippen molar-refractivity contribution in [2.75, 3.05) is 4.90 Å². The second-order valence-electron chi connectivity index (χ2n) is 20.6. The Morgan fingerprint density at radius 3 is 1.44 bits per heavy atom. The smallest absolute Gasteiger partial charge is 0.135 e. The summed E-state index contributed by atoms with van der Waals surface area (Å²) in [6, 6.07) is 62.3. The quantitative estimate of drug-likeness (QED) is 0.177. The number of benzene rings is 8. The molecule has 0 saturated heterocycles. The summed E-state index contributed by atoms with van der Waals surface area (Å²) in [6.45, 7) is 18.8. The number of furan rings is 1. The number of hydrogen-bond acceptors (Lipinski definition) is 2. The van der Waals surface area contributed by atoms with Crippen molar-refractivity contribution in [3.8, 4) is 33.4 Å². The molecular weight excluding hydrogens is 751 g/mol. The van der Waals surface area contributed by atoms with E-state index in [1.165, 1.54) is 77.9 Å². The van der Waals surface area contributed by atoms with Crippen molar-refractivity contribution in [2.45, 2.75) is 77.0 Å². The first-order valence-corrected chi connectivity index (χ1v) is 22.3. The minimum atomic E-state index is -0.507. The Morgan fingerprint density at radius 2 is 0.806 bits per heavy atom. The van der Waals surface area contributed by atoms with Crippen molar-refractivity contribution >= 4 is 39.0 Å². The molecule has 1 heterocycles. The van der Waals surface area contributed by atoms with Gasteiger partial charge in [-0.1, -0.05) is 171 Å². The monoisotopic (exact) mass is 801 g/mol. The van der Waals surface area contributed by atoms with Crippen LogP contribution in [0.15, 0.2) is 168 Å². The highest BCUT2D eigenvalue weighted by molar-refractivity contribution is 6.07. The van der Waals surface area contributed by atoms with Crippen LogP contribution in [0, 0.1) is 0 Å². The lowest BCUT2D eigenvalue weighted by atomic mass is 9.68. The Bertz CT molecular complexity index is 3300. The fourth-order valence-electron chi connectivity index (χ4n) is 11.4. The van der Waals surface area contributed by atoms with Crippen LogP contribution in [0.2, 0.25) is 0 Å². The molecule has 1 aromatic heterocycles. The third kappa shape index (κ3) is 4.98.